The molecule has 0 unspecified atom stereocenters. The van der Waals surface area contributed by atoms with Gasteiger partial charge in [0.1, 0.15) is 5.75 Å². The lowest BCUT2D eigenvalue weighted by atomic mass is 10.1. The zero-order valence-corrected chi connectivity index (χ0v) is 15.4. The molecule has 134 valence electrons. The molecule has 0 radical (unpaired) electrons. The Labute approximate surface area is 143 Å². The summed E-state index contributed by atoms with van der Waals surface area (Å²) < 4.78 is 57.1. The lowest BCUT2D eigenvalue weighted by Crippen LogP contribution is -2.46. The SMILES string of the molecule is CN(C1CCN(S(=O)(=O)c2ccc3c(c2)CCO3)CC1)S(C)(=O)=O. The Morgan fingerprint density at radius 2 is 1.83 bits per heavy atom. The van der Waals surface area contributed by atoms with Crippen molar-refractivity contribution in [2.75, 3.05) is 33.0 Å². The predicted molar refractivity (Wildman–Crippen MR) is 90.0 cm³/mol. The molecule has 2 aliphatic heterocycles. The van der Waals surface area contributed by atoms with E-state index in [9.17, 15) is 16.8 Å². The number of fused-ring (bicyclic) bond motifs is 1. The van der Waals surface area contributed by atoms with E-state index < -0.39 is 20.0 Å². The maximum absolute atomic E-state index is 12.8. The molecule has 0 atom stereocenters. The van der Waals surface area contributed by atoms with Gasteiger partial charge in [-0.15, -0.1) is 0 Å². The Hall–Kier alpha value is -1.16. The minimum absolute atomic E-state index is 0.153. The molecule has 24 heavy (non-hydrogen) atoms. The fourth-order valence-electron chi connectivity index (χ4n) is 3.19. The van der Waals surface area contributed by atoms with Gasteiger partial charge in [0, 0.05) is 32.6 Å². The number of nitrogens with zero attached hydrogens (tertiary/aromatic N) is 2. The van der Waals surface area contributed by atoms with Gasteiger partial charge >= 0.3 is 0 Å². The Bertz CT molecular complexity index is 827. The maximum atomic E-state index is 12.8. The smallest absolute Gasteiger partial charge is 0.243 e. The zero-order chi connectivity index (χ0) is 17.5. The molecule has 7 nitrogen and oxygen atoms in total. The first-order valence-electron chi connectivity index (χ1n) is 7.88. The average molecular weight is 374 g/mol. The monoisotopic (exact) mass is 374 g/mol. The Kier molecular flexibility index (Phi) is 4.63. The molecule has 9 heteroatoms. The Morgan fingerprint density at radius 3 is 2.46 bits per heavy atom. The highest BCUT2D eigenvalue weighted by atomic mass is 32.2. The fraction of sp³-hybridized carbons (Fsp3) is 0.600. The van der Waals surface area contributed by atoms with Crippen LogP contribution in [0.25, 0.3) is 0 Å². The fourth-order valence-corrected chi connectivity index (χ4v) is 5.46. The number of rotatable bonds is 4. The molecule has 1 aromatic carbocycles. The van der Waals surface area contributed by atoms with Crippen molar-refractivity contribution in [1.82, 2.24) is 8.61 Å². The number of hydrogen-bond acceptors (Lipinski definition) is 5. The van der Waals surface area contributed by atoms with E-state index in [1.165, 1.54) is 14.9 Å². The normalized spacial score (nSPS) is 20.1. The first-order chi connectivity index (χ1) is 11.2. The summed E-state index contributed by atoms with van der Waals surface area (Å²) in [6, 6.07) is 4.82. The zero-order valence-electron chi connectivity index (χ0n) is 13.8. The summed E-state index contributed by atoms with van der Waals surface area (Å²) in [5.41, 5.74) is 0.919. The van der Waals surface area contributed by atoms with E-state index in [-0.39, 0.29) is 10.9 Å². The lowest BCUT2D eigenvalue weighted by Gasteiger charge is -2.35. The van der Waals surface area contributed by atoms with Gasteiger partial charge in [-0.3, -0.25) is 0 Å². The molecule has 2 aliphatic rings. The third kappa shape index (κ3) is 3.30. The number of piperidine rings is 1. The van der Waals surface area contributed by atoms with E-state index in [2.05, 4.69) is 0 Å². The summed E-state index contributed by atoms with van der Waals surface area (Å²) in [5.74, 6) is 0.752. The quantitative estimate of drug-likeness (QED) is 0.773. The number of benzene rings is 1. The van der Waals surface area contributed by atoms with Gasteiger partial charge in [0.05, 0.1) is 17.8 Å². The van der Waals surface area contributed by atoms with Crippen molar-refractivity contribution in [3.05, 3.63) is 23.8 Å². The van der Waals surface area contributed by atoms with Gasteiger partial charge in [0.15, 0.2) is 0 Å². The highest BCUT2D eigenvalue weighted by Gasteiger charge is 2.33. The van der Waals surface area contributed by atoms with E-state index in [1.54, 1.807) is 25.2 Å². The largest absolute Gasteiger partial charge is 0.493 e. The van der Waals surface area contributed by atoms with Crippen LogP contribution in [0.1, 0.15) is 18.4 Å². The molecule has 0 N–H and O–H groups in total. The van der Waals surface area contributed by atoms with Gasteiger partial charge in [0.2, 0.25) is 20.0 Å². The van der Waals surface area contributed by atoms with Gasteiger partial charge < -0.3 is 4.74 Å². The summed E-state index contributed by atoms with van der Waals surface area (Å²) in [6.45, 7) is 1.23. The van der Waals surface area contributed by atoms with Crippen molar-refractivity contribution in [1.29, 1.82) is 0 Å². The van der Waals surface area contributed by atoms with Crippen LogP contribution in [-0.2, 0) is 26.5 Å². The first-order valence-corrected chi connectivity index (χ1v) is 11.2. The maximum Gasteiger partial charge on any atom is 0.243 e. The molecule has 0 amide bonds. The van der Waals surface area contributed by atoms with Gasteiger partial charge in [-0.2, -0.15) is 4.31 Å². The van der Waals surface area contributed by atoms with Gasteiger partial charge in [-0.1, -0.05) is 0 Å². The van der Waals surface area contributed by atoms with E-state index >= 15 is 0 Å². The van der Waals surface area contributed by atoms with Crippen LogP contribution >= 0.6 is 0 Å². The second-order valence-electron chi connectivity index (χ2n) is 6.28. The number of hydrogen-bond donors (Lipinski definition) is 0. The molecule has 3 rings (SSSR count). The molecule has 0 aliphatic carbocycles. The molecule has 1 aromatic rings. The van der Waals surface area contributed by atoms with Crippen LogP contribution in [0.2, 0.25) is 0 Å². The Balaban J connectivity index is 1.74. The minimum atomic E-state index is -3.56. The molecular formula is C15H22N2O5S2. The van der Waals surface area contributed by atoms with Crippen LogP contribution in [0.3, 0.4) is 0 Å². The first kappa shape index (κ1) is 17.7. The summed E-state index contributed by atoms with van der Waals surface area (Å²) >= 11 is 0. The molecular weight excluding hydrogens is 352 g/mol. The number of ether oxygens (including phenoxy) is 1. The minimum Gasteiger partial charge on any atom is -0.493 e. The lowest BCUT2D eigenvalue weighted by molar-refractivity contribution is 0.239. The van der Waals surface area contributed by atoms with Crippen LogP contribution in [0, 0.1) is 0 Å². The average Bonchev–Trinajstić information content (AvgIpc) is 3.01. The molecule has 1 fully saturated rings. The predicted octanol–water partition coefficient (Wildman–Crippen LogP) is 0.666. The van der Waals surface area contributed by atoms with E-state index in [0.29, 0.717) is 32.5 Å². The molecule has 0 saturated carbocycles. The van der Waals surface area contributed by atoms with Crippen molar-refractivity contribution < 1.29 is 21.6 Å². The molecule has 1 saturated heterocycles. The molecule has 2 heterocycles. The van der Waals surface area contributed by atoms with E-state index in [1.807, 2.05) is 0 Å². The van der Waals surface area contributed by atoms with Crippen LogP contribution in [-0.4, -0.2) is 64.5 Å². The Morgan fingerprint density at radius 1 is 1.17 bits per heavy atom. The third-order valence-electron chi connectivity index (χ3n) is 4.76. The van der Waals surface area contributed by atoms with Gasteiger partial charge in [-0.25, -0.2) is 21.1 Å². The summed E-state index contributed by atoms with van der Waals surface area (Å²) in [7, 11) is -5.28. The van der Waals surface area contributed by atoms with E-state index in [4.69, 9.17) is 4.74 Å². The van der Waals surface area contributed by atoms with Crippen molar-refractivity contribution in [2.45, 2.75) is 30.2 Å². The second-order valence-corrected chi connectivity index (χ2v) is 10.3. The third-order valence-corrected chi connectivity index (χ3v) is 8.00. The van der Waals surface area contributed by atoms with Crippen molar-refractivity contribution in [3.63, 3.8) is 0 Å². The van der Waals surface area contributed by atoms with Crippen molar-refractivity contribution in [3.8, 4) is 5.75 Å². The number of sulfonamides is 2. The van der Waals surface area contributed by atoms with E-state index in [0.717, 1.165) is 17.7 Å². The van der Waals surface area contributed by atoms with Crippen molar-refractivity contribution in [2.24, 2.45) is 0 Å². The molecule has 0 spiro atoms. The van der Waals surface area contributed by atoms with Crippen LogP contribution < -0.4 is 4.74 Å². The van der Waals surface area contributed by atoms with Gasteiger partial charge in [0.25, 0.3) is 0 Å². The second kappa shape index (κ2) is 6.29. The molecule has 0 bridgehead atoms. The highest BCUT2D eigenvalue weighted by molar-refractivity contribution is 7.89. The summed E-state index contributed by atoms with van der Waals surface area (Å²) in [5, 5.41) is 0. The molecule has 0 aromatic heterocycles. The summed E-state index contributed by atoms with van der Waals surface area (Å²) in [6.07, 6.45) is 2.89. The van der Waals surface area contributed by atoms with Crippen LogP contribution in [0.5, 0.6) is 5.75 Å². The van der Waals surface area contributed by atoms with Crippen LogP contribution in [0.4, 0.5) is 0 Å². The van der Waals surface area contributed by atoms with Gasteiger partial charge in [-0.05, 0) is 36.6 Å². The van der Waals surface area contributed by atoms with Crippen LogP contribution in [0.15, 0.2) is 23.1 Å². The topological polar surface area (TPSA) is 84.0 Å². The van der Waals surface area contributed by atoms with Crippen molar-refractivity contribution >= 4 is 20.0 Å². The summed E-state index contributed by atoms with van der Waals surface area (Å²) in [4.78, 5) is 0.279. The standard InChI is InChI=1S/C15H22N2O5S2/c1-16(23(2,18)19)13-5-8-17(9-6-13)24(20,21)14-3-4-15-12(11-14)7-10-22-15/h3-4,11,13H,5-10H2,1-2H3. The highest BCUT2D eigenvalue weighted by Crippen LogP contribution is 2.30.